The van der Waals surface area contributed by atoms with Crippen LogP contribution in [0.1, 0.15) is 36.9 Å². The number of nitrogens with zero attached hydrogens (tertiary/aromatic N) is 3. The van der Waals surface area contributed by atoms with Crippen LogP contribution in [-0.2, 0) is 0 Å². The smallest absolute Gasteiger partial charge is 0.0858 e. The van der Waals surface area contributed by atoms with E-state index in [4.69, 9.17) is 0 Å². The topological polar surface area (TPSA) is 42.7 Å². The molecule has 0 bridgehead atoms. The molecule has 1 aliphatic heterocycles. The molecular formula is C9H14N4. The van der Waals surface area contributed by atoms with Crippen molar-refractivity contribution in [2.75, 3.05) is 13.1 Å². The predicted molar refractivity (Wildman–Crippen MR) is 48.5 cm³/mol. The monoisotopic (exact) mass is 178 g/mol. The van der Waals surface area contributed by atoms with Crippen molar-refractivity contribution in [1.29, 1.82) is 0 Å². The van der Waals surface area contributed by atoms with Gasteiger partial charge in [0.05, 0.1) is 11.7 Å². The molecule has 0 aromatic carbocycles. The third kappa shape index (κ3) is 1.35. The first-order chi connectivity index (χ1) is 6.43. The van der Waals surface area contributed by atoms with E-state index in [-0.39, 0.29) is 0 Å². The van der Waals surface area contributed by atoms with Gasteiger partial charge < -0.3 is 5.32 Å². The van der Waals surface area contributed by atoms with Gasteiger partial charge in [0.2, 0.25) is 0 Å². The van der Waals surface area contributed by atoms with Crippen LogP contribution in [0, 0.1) is 0 Å². The fourth-order valence-corrected chi connectivity index (χ4v) is 1.90. The molecule has 70 valence electrons. The molecule has 2 fully saturated rings. The van der Waals surface area contributed by atoms with E-state index in [1.54, 1.807) is 0 Å². The van der Waals surface area contributed by atoms with E-state index < -0.39 is 0 Å². The van der Waals surface area contributed by atoms with E-state index in [1.807, 2.05) is 4.68 Å². The number of nitrogens with one attached hydrogen (secondary N) is 1. The summed E-state index contributed by atoms with van der Waals surface area (Å²) in [5, 5.41) is 11.7. The van der Waals surface area contributed by atoms with Crippen LogP contribution in [0.2, 0.25) is 0 Å². The average molecular weight is 178 g/mol. The second-order valence-corrected chi connectivity index (χ2v) is 4.04. The number of hydrogen-bond donors (Lipinski definition) is 1. The molecule has 1 aromatic rings. The lowest BCUT2D eigenvalue weighted by atomic mass is 10.2. The maximum atomic E-state index is 4.21. The summed E-state index contributed by atoms with van der Waals surface area (Å²) in [4.78, 5) is 0. The highest BCUT2D eigenvalue weighted by molar-refractivity contribution is 5.09. The molecule has 1 aromatic heterocycles. The number of rotatable bonds is 2. The van der Waals surface area contributed by atoms with Gasteiger partial charge in [-0.2, -0.15) is 0 Å². The third-order valence-corrected chi connectivity index (χ3v) is 2.93. The predicted octanol–water partition coefficient (Wildman–Crippen LogP) is 0.690. The van der Waals surface area contributed by atoms with Crippen molar-refractivity contribution < 1.29 is 0 Å². The largest absolute Gasteiger partial charge is 0.315 e. The fraction of sp³-hybridized carbons (Fsp3) is 0.778. The highest BCUT2D eigenvalue weighted by Crippen LogP contribution is 2.38. The molecule has 4 heteroatoms. The van der Waals surface area contributed by atoms with Crippen molar-refractivity contribution >= 4 is 0 Å². The van der Waals surface area contributed by atoms with Crippen LogP contribution >= 0.6 is 0 Å². The minimum atomic E-state index is 0.542. The Hall–Kier alpha value is -0.900. The van der Waals surface area contributed by atoms with Crippen molar-refractivity contribution in [1.82, 2.24) is 20.3 Å². The zero-order valence-electron chi connectivity index (χ0n) is 7.61. The van der Waals surface area contributed by atoms with Crippen molar-refractivity contribution in [2.24, 2.45) is 0 Å². The summed E-state index contributed by atoms with van der Waals surface area (Å²) >= 11 is 0. The zero-order chi connectivity index (χ0) is 8.67. The normalized spacial score (nSPS) is 28.2. The first kappa shape index (κ1) is 7.50. The summed E-state index contributed by atoms with van der Waals surface area (Å²) in [6.45, 7) is 2.16. The quantitative estimate of drug-likeness (QED) is 0.724. The van der Waals surface area contributed by atoms with Gasteiger partial charge in [-0.15, -0.1) is 5.10 Å². The summed E-state index contributed by atoms with van der Waals surface area (Å²) in [7, 11) is 0. The van der Waals surface area contributed by atoms with E-state index in [0.717, 1.165) is 19.0 Å². The molecule has 0 radical (unpaired) electrons. The van der Waals surface area contributed by atoms with Crippen LogP contribution in [0.5, 0.6) is 0 Å². The molecule has 4 nitrogen and oxygen atoms in total. The molecule has 2 heterocycles. The van der Waals surface area contributed by atoms with E-state index in [2.05, 4.69) is 21.8 Å². The summed E-state index contributed by atoms with van der Waals surface area (Å²) in [6.07, 6.45) is 5.94. The Morgan fingerprint density at radius 1 is 1.38 bits per heavy atom. The Morgan fingerprint density at radius 2 is 2.31 bits per heavy atom. The van der Waals surface area contributed by atoms with E-state index in [1.165, 1.54) is 25.0 Å². The summed E-state index contributed by atoms with van der Waals surface area (Å²) in [5.74, 6) is 0.725. The van der Waals surface area contributed by atoms with Gasteiger partial charge in [0, 0.05) is 18.7 Å². The van der Waals surface area contributed by atoms with Crippen LogP contribution < -0.4 is 5.32 Å². The van der Waals surface area contributed by atoms with E-state index >= 15 is 0 Å². The van der Waals surface area contributed by atoms with Gasteiger partial charge in [0.25, 0.3) is 0 Å². The van der Waals surface area contributed by atoms with Crippen molar-refractivity contribution in [3.63, 3.8) is 0 Å². The molecule has 1 N–H and O–H groups in total. The summed E-state index contributed by atoms with van der Waals surface area (Å²) in [5.41, 5.74) is 1.20. The highest BCUT2D eigenvalue weighted by Gasteiger charge is 2.27. The molecule has 1 saturated carbocycles. The number of aromatic nitrogens is 3. The Kier molecular flexibility index (Phi) is 1.62. The zero-order valence-corrected chi connectivity index (χ0v) is 7.61. The van der Waals surface area contributed by atoms with Crippen LogP contribution in [0.4, 0.5) is 0 Å². The molecule has 0 amide bonds. The first-order valence-corrected chi connectivity index (χ1v) is 5.06. The SMILES string of the molecule is c1c(C2CC2)nnn1C1CCNC1. The molecule has 0 spiro atoms. The third-order valence-electron chi connectivity index (χ3n) is 2.93. The van der Waals surface area contributed by atoms with Crippen LogP contribution in [0.3, 0.4) is 0 Å². The van der Waals surface area contributed by atoms with Gasteiger partial charge in [0.15, 0.2) is 0 Å². The summed E-state index contributed by atoms with van der Waals surface area (Å²) in [6, 6.07) is 0.542. The van der Waals surface area contributed by atoms with Gasteiger partial charge in [-0.3, -0.25) is 0 Å². The molecular weight excluding hydrogens is 164 g/mol. The van der Waals surface area contributed by atoms with Gasteiger partial charge in [-0.05, 0) is 25.8 Å². The standard InChI is InChI=1S/C9H14N4/c1-2-7(1)9-6-13(12-11-9)8-3-4-10-5-8/h6-8,10H,1-5H2. The molecule has 1 atom stereocenters. The lowest BCUT2D eigenvalue weighted by molar-refractivity contribution is 0.476. The Bertz CT molecular complexity index is 296. The van der Waals surface area contributed by atoms with Gasteiger partial charge in [-0.25, -0.2) is 4.68 Å². The first-order valence-electron chi connectivity index (χ1n) is 5.06. The summed E-state index contributed by atoms with van der Waals surface area (Å²) < 4.78 is 2.04. The van der Waals surface area contributed by atoms with E-state index in [9.17, 15) is 0 Å². The minimum Gasteiger partial charge on any atom is -0.315 e. The van der Waals surface area contributed by atoms with Crippen LogP contribution in [0.25, 0.3) is 0 Å². The maximum absolute atomic E-state index is 4.21. The fourth-order valence-electron chi connectivity index (χ4n) is 1.90. The Balaban J connectivity index is 1.79. The molecule has 1 aliphatic carbocycles. The Morgan fingerprint density at radius 3 is 3.00 bits per heavy atom. The van der Waals surface area contributed by atoms with Gasteiger partial charge >= 0.3 is 0 Å². The van der Waals surface area contributed by atoms with Gasteiger partial charge in [-0.1, -0.05) is 5.21 Å². The van der Waals surface area contributed by atoms with Crippen LogP contribution in [-0.4, -0.2) is 28.1 Å². The molecule has 1 saturated heterocycles. The van der Waals surface area contributed by atoms with Crippen LogP contribution in [0.15, 0.2) is 6.20 Å². The van der Waals surface area contributed by atoms with E-state index in [0.29, 0.717) is 6.04 Å². The van der Waals surface area contributed by atoms with Crippen molar-refractivity contribution in [3.8, 4) is 0 Å². The lowest BCUT2D eigenvalue weighted by Crippen LogP contribution is -2.13. The van der Waals surface area contributed by atoms with Crippen molar-refractivity contribution in [3.05, 3.63) is 11.9 Å². The molecule has 3 rings (SSSR count). The van der Waals surface area contributed by atoms with Crippen molar-refractivity contribution in [2.45, 2.75) is 31.2 Å². The Labute approximate surface area is 77.3 Å². The number of hydrogen-bond acceptors (Lipinski definition) is 3. The minimum absolute atomic E-state index is 0.542. The average Bonchev–Trinajstić information content (AvgIpc) is 2.72. The molecule has 13 heavy (non-hydrogen) atoms. The highest BCUT2D eigenvalue weighted by atomic mass is 15.4. The van der Waals surface area contributed by atoms with Gasteiger partial charge in [0.1, 0.15) is 0 Å². The second kappa shape index (κ2) is 2.80. The maximum Gasteiger partial charge on any atom is 0.0858 e. The second-order valence-electron chi connectivity index (χ2n) is 4.04. The molecule has 1 unspecified atom stereocenters. The molecule has 2 aliphatic rings. The lowest BCUT2D eigenvalue weighted by Gasteiger charge is -2.05.